The quantitative estimate of drug-likeness (QED) is 0.477. The van der Waals surface area contributed by atoms with E-state index in [1.807, 2.05) is 49.7 Å². The van der Waals surface area contributed by atoms with Crippen LogP contribution in [0.25, 0.3) is 0 Å². The van der Waals surface area contributed by atoms with E-state index in [0.29, 0.717) is 0 Å². The number of hydrogen-bond donors (Lipinski definition) is 1. The highest BCUT2D eigenvalue weighted by molar-refractivity contribution is 7.98. The molecule has 0 aromatic carbocycles. The van der Waals surface area contributed by atoms with Gasteiger partial charge in [-0.2, -0.15) is 11.8 Å². The van der Waals surface area contributed by atoms with Gasteiger partial charge in [0.15, 0.2) is 5.96 Å². The van der Waals surface area contributed by atoms with Crippen LogP contribution in [0.5, 0.6) is 0 Å². The molecule has 1 N–H and O–H groups in total. The van der Waals surface area contributed by atoms with Gasteiger partial charge in [0.1, 0.15) is 0 Å². The van der Waals surface area contributed by atoms with Crippen molar-refractivity contribution in [3.05, 3.63) is 23.0 Å². The third-order valence-corrected chi connectivity index (χ3v) is 4.01. The van der Waals surface area contributed by atoms with Crippen LogP contribution in [-0.2, 0) is 13.6 Å². The maximum atomic E-state index is 6.01. The monoisotopic (exact) mass is 316 g/mol. The fourth-order valence-electron chi connectivity index (χ4n) is 2.00. The summed E-state index contributed by atoms with van der Waals surface area (Å²) in [4.78, 5) is 6.43. The van der Waals surface area contributed by atoms with E-state index in [9.17, 15) is 0 Å². The third kappa shape index (κ3) is 5.67. The molecule has 0 radical (unpaired) electrons. The number of halogens is 1. The topological polar surface area (TPSA) is 32.6 Å². The first-order valence-electron chi connectivity index (χ1n) is 6.80. The summed E-state index contributed by atoms with van der Waals surface area (Å²) in [5.74, 6) is 2.14. The third-order valence-electron chi connectivity index (χ3n) is 3.11. The molecule has 0 bridgehead atoms. The highest BCUT2D eigenvalue weighted by Gasteiger charge is 2.09. The molecule has 1 heterocycles. The number of nitrogens with zero attached hydrogens (tertiary/aromatic N) is 3. The average molecular weight is 317 g/mol. The van der Waals surface area contributed by atoms with Crippen molar-refractivity contribution in [1.82, 2.24) is 14.8 Å². The van der Waals surface area contributed by atoms with E-state index in [1.165, 1.54) is 24.3 Å². The van der Waals surface area contributed by atoms with Crippen LogP contribution in [0.3, 0.4) is 0 Å². The van der Waals surface area contributed by atoms with Crippen molar-refractivity contribution in [2.24, 2.45) is 12.0 Å². The van der Waals surface area contributed by atoms with E-state index < -0.39 is 0 Å². The summed E-state index contributed by atoms with van der Waals surface area (Å²) < 4.78 is 2.05. The Balaban J connectivity index is 2.43. The lowest BCUT2D eigenvalue weighted by molar-refractivity contribution is 0.461. The van der Waals surface area contributed by atoms with E-state index in [2.05, 4.69) is 21.5 Å². The summed E-state index contributed by atoms with van der Waals surface area (Å²) in [6.07, 6.45) is 6.47. The van der Waals surface area contributed by atoms with Gasteiger partial charge in [-0.3, -0.25) is 4.99 Å². The molecule has 0 aliphatic heterocycles. The van der Waals surface area contributed by atoms with Crippen molar-refractivity contribution in [3.63, 3.8) is 0 Å². The summed E-state index contributed by atoms with van der Waals surface area (Å²) in [6, 6.07) is 1.99. The van der Waals surface area contributed by atoms with Crippen molar-refractivity contribution in [2.75, 3.05) is 32.6 Å². The molecule has 0 fully saturated rings. The second-order valence-corrected chi connectivity index (χ2v) is 6.21. The maximum absolute atomic E-state index is 6.01. The molecule has 0 saturated carbocycles. The van der Waals surface area contributed by atoms with Crippen LogP contribution in [0.4, 0.5) is 0 Å². The minimum absolute atomic E-state index is 0.774. The van der Waals surface area contributed by atoms with E-state index in [-0.39, 0.29) is 0 Å². The Morgan fingerprint density at radius 2 is 2.25 bits per heavy atom. The van der Waals surface area contributed by atoms with Crippen LogP contribution in [-0.4, -0.2) is 48.1 Å². The van der Waals surface area contributed by atoms with E-state index in [0.717, 1.165) is 24.1 Å². The highest BCUT2D eigenvalue weighted by Crippen LogP contribution is 2.14. The van der Waals surface area contributed by atoms with Gasteiger partial charge in [-0.15, -0.1) is 0 Å². The number of aryl methyl sites for hydroxylation is 1. The van der Waals surface area contributed by atoms with E-state index in [1.54, 1.807) is 0 Å². The molecule has 6 heteroatoms. The molecule has 114 valence electrons. The average Bonchev–Trinajstić information content (AvgIpc) is 2.72. The van der Waals surface area contributed by atoms with Gasteiger partial charge in [-0.25, -0.2) is 0 Å². The van der Waals surface area contributed by atoms with Crippen LogP contribution < -0.4 is 5.32 Å². The molecule has 0 spiro atoms. The van der Waals surface area contributed by atoms with Gasteiger partial charge in [-0.05, 0) is 30.9 Å². The van der Waals surface area contributed by atoms with Crippen LogP contribution in [0, 0.1) is 0 Å². The molecule has 0 atom stereocenters. The number of aromatic nitrogens is 1. The molecular formula is C14H25ClN4S. The summed E-state index contributed by atoms with van der Waals surface area (Å²) in [6.45, 7) is 1.75. The highest BCUT2D eigenvalue weighted by atomic mass is 35.5. The standard InChI is InChI=1S/C14H25ClN4S/c1-16-14(17-7-5-6-8-20-4)19(3)11-13-9-12(15)10-18(13)2/h9-10H,5-8,11H2,1-4H3,(H,16,17). The van der Waals surface area contributed by atoms with Crippen molar-refractivity contribution in [1.29, 1.82) is 0 Å². The number of thioether (sulfide) groups is 1. The number of nitrogens with one attached hydrogen (secondary N) is 1. The molecular weight excluding hydrogens is 292 g/mol. The molecule has 0 unspecified atom stereocenters. The van der Waals surface area contributed by atoms with Crippen molar-refractivity contribution < 1.29 is 0 Å². The van der Waals surface area contributed by atoms with Crippen LogP contribution in [0.15, 0.2) is 17.3 Å². The summed E-state index contributed by atoms with van der Waals surface area (Å²) in [5, 5.41) is 4.17. The number of aliphatic imine (C=N–C) groups is 1. The van der Waals surface area contributed by atoms with Crippen molar-refractivity contribution >= 4 is 29.3 Å². The Labute approximate surface area is 131 Å². The molecule has 0 aliphatic rings. The molecule has 1 aromatic rings. The first-order valence-corrected chi connectivity index (χ1v) is 8.57. The number of guanidine groups is 1. The number of unbranched alkanes of at least 4 members (excludes halogenated alkanes) is 1. The van der Waals surface area contributed by atoms with Gasteiger partial charge >= 0.3 is 0 Å². The predicted octanol–water partition coefficient (Wildman–Crippen LogP) is 2.83. The largest absolute Gasteiger partial charge is 0.356 e. The summed E-state index contributed by atoms with van der Waals surface area (Å²) in [7, 11) is 5.87. The molecule has 0 saturated heterocycles. The Hall–Kier alpha value is -0.810. The maximum Gasteiger partial charge on any atom is 0.193 e. The Kier molecular flexibility index (Phi) is 7.92. The van der Waals surface area contributed by atoms with Crippen molar-refractivity contribution in [3.8, 4) is 0 Å². The predicted molar refractivity (Wildman–Crippen MR) is 90.9 cm³/mol. The number of rotatable bonds is 7. The Bertz CT molecular complexity index is 431. The van der Waals surface area contributed by atoms with Crippen LogP contribution in [0.2, 0.25) is 5.02 Å². The molecule has 20 heavy (non-hydrogen) atoms. The van der Waals surface area contributed by atoms with Gasteiger partial charge in [0.2, 0.25) is 0 Å². The Morgan fingerprint density at radius 3 is 2.80 bits per heavy atom. The zero-order valence-electron chi connectivity index (χ0n) is 12.8. The van der Waals surface area contributed by atoms with E-state index >= 15 is 0 Å². The van der Waals surface area contributed by atoms with Crippen LogP contribution >= 0.6 is 23.4 Å². The zero-order valence-corrected chi connectivity index (χ0v) is 14.4. The zero-order chi connectivity index (χ0) is 15.0. The summed E-state index contributed by atoms with van der Waals surface area (Å²) >= 11 is 7.90. The first-order chi connectivity index (χ1) is 9.58. The van der Waals surface area contributed by atoms with E-state index in [4.69, 9.17) is 11.6 Å². The lowest BCUT2D eigenvalue weighted by Crippen LogP contribution is -2.39. The van der Waals surface area contributed by atoms with Crippen LogP contribution in [0.1, 0.15) is 18.5 Å². The minimum Gasteiger partial charge on any atom is -0.356 e. The van der Waals surface area contributed by atoms with Crippen molar-refractivity contribution in [2.45, 2.75) is 19.4 Å². The van der Waals surface area contributed by atoms with Gasteiger partial charge in [0, 0.05) is 39.6 Å². The lowest BCUT2D eigenvalue weighted by atomic mass is 10.3. The van der Waals surface area contributed by atoms with Gasteiger partial charge in [0.05, 0.1) is 11.6 Å². The SMILES string of the molecule is CN=C(NCCCCSC)N(C)Cc1cc(Cl)cn1C. The molecule has 4 nitrogen and oxygen atoms in total. The molecule has 0 aliphatic carbocycles. The normalized spacial score (nSPS) is 11.8. The molecule has 1 rings (SSSR count). The second kappa shape index (κ2) is 9.19. The smallest absolute Gasteiger partial charge is 0.193 e. The second-order valence-electron chi connectivity index (χ2n) is 4.79. The fourth-order valence-corrected chi connectivity index (χ4v) is 2.76. The summed E-state index contributed by atoms with van der Waals surface area (Å²) in [5.41, 5.74) is 1.17. The number of hydrogen-bond acceptors (Lipinski definition) is 2. The van der Waals surface area contributed by atoms with Gasteiger partial charge in [-0.1, -0.05) is 11.6 Å². The first kappa shape index (κ1) is 17.2. The molecule has 0 amide bonds. The Morgan fingerprint density at radius 1 is 1.50 bits per heavy atom. The molecule has 1 aromatic heterocycles. The lowest BCUT2D eigenvalue weighted by Gasteiger charge is -2.22. The van der Waals surface area contributed by atoms with Gasteiger partial charge in [0.25, 0.3) is 0 Å². The van der Waals surface area contributed by atoms with Gasteiger partial charge < -0.3 is 14.8 Å². The fraction of sp³-hybridized carbons (Fsp3) is 0.643. The minimum atomic E-state index is 0.774.